The number of ether oxygens (including phenoxy) is 3. The van der Waals surface area contributed by atoms with E-state index < -0.39 is 17.9 Å². The topological polar surface area (TPSA) is 102 Å². The van der Waals surface area contributed by atoms with Gasteiger partial charge in [0.05, 0.1) is 6.10 Å². The van der Waals surface area contributed by atoms with Gasteiger partial charge in [0.25, 0.3) is 0 Å². The Morgan fingerprint density at radius 3 is 2.47 bits per heavy atom. The fourth-order valence-electron chi connectivity index (χ4n) is 1.84. The van der Waals surface area contributed by atoms with Gasteiger partial charge in [-0.15, -0.1) is 0 Å². The molecule has 1 heterocycles. The van der Waals surface area contributed by atoms with Crippen LogP contribution in [0.1, 0.15) is 20.3 Å². The van der Waals surface area contributed by atoms with Crippen LogP contribution in [-0.4, -0.2) is 47.4 Å². The second-order valence-corrected chi connectivity index (χ2v) is 4.32. The lowest BCUT2D eigenvalue weighted by atomic mass is 9.91. The van der Waals surface area contributed by atoms with Gasteiger partial charge in [-0.05, 0) is 19.3 Å². The molecule has 0 amide bonds. The van der Waals surface area contributed by atoms with Crippen molar-refractivity contribution in [3.8, 4) is 0 Å². The Labute approximate surface area is 98.3 Å². The minimum absolute atomic E-state index is 0.0532. The average Bonchev–Trinajstić information content (AvgIpc) is 2.50. The molecule has 1 aliphatic heterocycles. The zero-order chi connectivity index (χ0) is 13.1. The van der Waals surface area contributed by atoms with E-state index in [4.69, 9.17) is 14.9 Å². The second kappa shape index (κ2) is 5.22. The van der Waals surface area contributed by atoms with Crippen LogP contribution in [0.25, 0.3) is 0 Å². The molecular weight excluding hydrogens is 232 g/mol. The Hall–Kier alpha value is -1.50. The molecule has 17 heavy (non-hydrogen) atoms. The molecule has 7 nitrogen and oxygen atoms in total. The lowest BCUT2D eigenvalue weighted by Gasteiger charge is -2.27. The van der Waals surface area contributed by atoms with E-state index in [0.29, 0.717) is 6.42 Å². The molecule has 1 fully saturated rings. The van der Waals surface area contributed by atoms with E-state index in [9.17, 15) is 9.59 Å². The van der Waals surface area contributed by atoms with Crippen molar-refractivity contribution in [2.45, 2.75) is 32.0 Å². The highest BCUT2D eigenvalue weighted by Crippen LogP contribution is 2.36. The summed E-state index contributed by atoms with van der Waals surface area (Å²) in [6, 6.07) is 0. The Morgan fingerprint density at radius 1 is 1.35 bits per heavy atom. The summed E-state index contributed by atoms with van der Waals surface area (Å²) in [4.78, 5) is 20.6. The molecular formula is C10H16O7. The van der Waals surface area contributed by atoms with E-state index in [0.717, 1.165) is 0 Å². The molecule has 3 atom stereocenters. The first-order valence-electron chi connectivity index (χ1n) is 5.23. The Kier molecular flexibility index (Phi) is 4.17. The van der Waals surface area contributed by atoms with Gasteiger partial charge in [0, 0.05) is 0 Å². The number of rotatable bonds is 4. The molecule has 0 saturated carbocycles. The van der Waals surface area contributed by atoms with Crippen molar-refractivity contribution in [2.24, 2.45) is 5.92 Å². The van der Waals surface area contributed by atoms with E-state index in [1.807, 2.05) is 6.92 Å². The van der Waals surface area contributed by atoms with Crippen LogP contribution in [0.5, 0.6) is 0 Å². The SMILES string of the molecule is CC1C[C@@H](COC(=O)O)O[C@]1(C)COC(=O)O. The van der Waals surface area contributed by atoms with E-state index >= 15 is 0 Å². The maximum Gasteiger partial charge on any atom is 0.505 e. The van der Waals surface area contributed by atoms with Crippen molar-refractivity contribution < 1.29 is 34.0 Å². The molecule has 0 aromatic heterocycles. The molecule has 2 N–H and O–H groups in total. The Balaban J connectivity index is 2.47. The van der Waals surface area contributed by atoms with E-state index in [2.05, 4.69) is 9.47 Å². The van der Waals surface area contributed by atoms with Crippen molar-refractivity contribution >= 4 is 12.3 Å². The zero-order valence-electron chi connectivity index (χ0n) is 9.71. The minimum atomic E-state index is -1.35. The third-order valence-corrected chi connectivity index (χ3v) is 2.97. The highest BCUT2D eigenvalue weighted by atomic mass is 16.7. The number of carbonyl (C=O) groups is 2. The third-order valence-electron chi connectivity index (χ3n) is 2.97. The van der Waals surface area contributed by atoms with Gasteiger partial charge in [-0.2, -0.15) is 0 Å². The smallest absolute Gasteiger partial charge is 0.450 e. The summed E-state index contributed by atoms with van der Waals surface area (Å²) < 4.78 is 14.5. The largest absolute Gasteiger partial charge is 0.505 e. The molecule has 0 aliphatic carbocycles. The summed E-state index contributed by atoms with van der Waals surface area (Å²) in [7, 11) is 0. The fourth-order valence-corrected chi connectivity index (χ4v) is 1.84. The number of carboxylic acid groups (broad SMARTS) is 2. The lowest BCUT2D eigenvalue weighted by Crippen LogP contribution is -2.37. The molecule has 0 radical (unpaired) electrons. The summed E-state index contributed by atoms with van der Waals surface area (Å²) in [5, 5.41) is 16.8. The monoisotopic (exact) mass is 248 g/mol. The van der Waals surface area contributed by atoms with Gasteiger partial charge >= 0.3 is 12.3 Å². The highest BCUT2D eigenvalue weighted by molar-refractivity contribution is 5.57. The predicted molar refractivity (Wildman–Crippen MR) is 55.0 cm³/mol. The van der Waals surface area contributed by atoms with Gasteiger partial charge in [0.2, 0.25) is 0 Å². The summed E-state index contributed by atoms with van der Waals surface area (Å²) in [5.74, 6) is 0.0595. The van der Waals surface area contributed by atoms with Crippen molar-refractivity contribution in [1.29, 1.82) is 0 Å². The van der Waals surface area contributed by atoms with Gasteiger partial charge < -0.3 is 24.4 Å². The first-order chi connectivity index (χ1) is 7.83. The van der Waals surface area contributed by atoms with Gasteiger partial charge in [0.1, 0.15) is 18.8 Å². The normalized spacial score (nSPS) is 32.1. The first kappa shape index (κ1) is 13.6. The first-order valence-corrected chi connectivity index (χ1v) is 5.23. The summed E-state index contributed by atoms with van der Waals surface area (Å²) in [6.45, 7) is 3.50. The maximum atomic E-state index is 10.3. The molecule has 0 bridgehead atoms. The van der Waals surface area contributed by atoms with E-state index in [1.54, 1.807) is 6.92 Å². The quantitative estimate of drug-likeness (QED) is 0.727. The summed E-state index contributed by atoms with van der Waals surface area (Å²) in [5.41, 5.74) is -0.731. The van der Waals surface area contributed by atoms with Crippen LogP contribution in [0.3, 0.4) is 0 Å². The van der Waals surface area contributed by atoms with Gasteiger partial charge in [-0.1, -0.05) is 6.92 Å². The van der Waals surface area contributed by atoms with Gasteiger partial charge in [-0.3, -0.25) is 0 Å². The van der Waals surface area contributed by atoms with Crippen molar-refractivity contribution in [3.63, 3.8) is 0 Å². The molecule has 1 unspecified atom stereocenters. The molecule has 1 saturated heterocycles. The number of hydrogen-bond acceptors (Lipinski definition) is 5. The second-order valence-electron chi connectivity index (χ2n) is 4.32. The molecule has 0 aromatic rings. The minimum Gasteiger partial charge on any atom is -0.450 e. The van der Waals surface area contributed by atoms with E-state index in [1.165, 1.54) is 0 Å². The van der Waals surface area contributed by atoms with Crippen LogP contribution in [0.2, 0.25) is 0 Å². The van der Waals surface area contributed by atoms with Crippen molar-refractivity contribution in [2.75, 3.05) is 13.2 Å². The third kappa shape index (κ3) is 3.77. The molecule has 0 aromatic carbocycles. The predicted octanol–water partition coefficient (Wildman–Crippen LogP) is 1.56. The van der Waals surface area contributed by atoms with Crippen LogP contribution < -0.4 is 0 Å². The fraction of sp³-hybridized carbons (Fsp3) is 0.800. The lowest BCUT2D eigenvalue weighted by molar-refractivity contribution is -0.0961. The van der Waals surface area contributed by atoms with Crippen LogP contribution in [0.4, 0.5) is 9.59 Å². The molecule has 98 valence electrons. The Bertz CT molecular complexity index is 303. The van der Waals surface area contributed by atoms with Crippen LogP contribution in [-0.2, 0) is 14.2 Å². The van der Waals surface area contributed by atoms with Crippen molar-refractivity contribution in [3.05, 3.63) is 0 Å². The zero-order valence-corrected chi connectivity index (χ0v) is 9.71. The summed E-state index contributed by atoms with van der Waals surface area (Å²) in [6.07, 6.45) is -2.46. The van der Waals surface area contributed by atoms with Crippen LogP contribution in [0.15, 0.2) is 0 Å². The molecule has 1 aliphatic rings. The molecule has 7 heteroatoms. The standard InChI is InChI=1S/C10H16O7/c1-6-3-7(4-15-8(11)12)17-10(6,2)5-16-9(13)14/h6-7H,3-5H2,1-2H3,(H,11,12)(H,13,14)/t6?,7-,10+/m0/s1. The maximum absolute atomic E-state index is 10.3. The highest BCUT2D eigenvalue weighted by Gasteiger charge is 2.44. The molecule has 0 spiro atoms. The van der Waals surface area contributed by atoms with E-state index in [-0.39, 0.29) is 25.2 Å². The Morgan fingerprint density at radius 2 is 1.94 bits per heavy atom. The summed E-state index contributed by atoms with van der Waals surface area (Å²) >= 11 is 0. The number of hydrogen-bond donors (Lipinski definition) is 2. The van der Waals surface area contributed by atoms with Gasteiger partial charge in [0.15, 0.2) is 0 Å². The average molecular weight is 248 g/mol. The van der Waals surface area contributed by atoms with Gasteiger partial charge in [-0.25, -0.2) is 9.59 Å². The molecule has 1 rings (SSSR count). The van der Waals surface area contributed by atoms with Crippen LogP contribution in [0, 0.1) is 5.92 Å². The van der Waals surface area contributed by atoms with Crippen LogP contribution >= 0.6 is 0 Å². The van der Waals surface area contributed by atoms with Crippen molar-refractivity contribution in [1.82, 2.24) is 0 Å².